The molecule has 0 saturated heterocycles. The summed E-state index contributed by atoms with van der Waals surface area (Å²) in [6.07, 6.45) is 3.13. The molecule has 11 heavy (non-hydrogen) atoms. The fourth-order valence-electron chi connectivity index (χ4n) is 0.637. The molecule has 0 aromatic carbocycles. The molecule has 1 amide bonds. The molecular weight excluding hydrogens is 142 g/mol. The topological polar surface area (TPSA) is 54.9 Å². The molecule has 4 heteroatoms. The minimum atomic E-state index is -0.136. The first kappa shape index (κ1) is 7.65. The van der Waals surface area contributed by atoms with Crippen molar-refractivity contribution in [3.05, 3.63) is 18.1 Å². The van der Waals surface area contributed by atoms with E-state index in [1.165, 1.54) is 13.1 Å². The molecule has 0 atom stereocenters. The van der Waals surface area contributed by atoms with Gasteiger partial charge in [-0.25, -0.2) is 4.98 Å². The van der Waals surface area contributed by atoms with Crippen LogP contribution in [0.2, 0.25) is 0 Å². The summed E-state index contributed by atoms with van der Waals surface area (Å²) in [5.74, 6) is 0.353. The summed E-state index contributed by atoms with van der Waals surface area (Å²) in [5.41, 5.74) is 0.833. The van der Waals surface area contributed by atoms with Gasteiger partial charge in [-0.1, -0.05) is 0 Å². The Kier molecular flexibility index (Phi) is 2.15. The van der Waals surface area contributed by atoms with E-state index in [1.54, 1.807) is 6.20 Å². The first-order valence-corrected chi connectivity index (χ1v) is 3.25. The van der Waals surface area contributed by atoms with E-state index in [0.717, 1.165) is 5.69 Å². The van der Waals surface area contributed by atoms with Crippen molar-refractivity contribution in [2.45, 2.75) is 13.8 Å². The molecule has 1 N–H and O–H groups in total. The van der Waals surface area contributed by atoms with E-state index in [1.807, 2.05) is 6.92 Å². The van der Waals surface area contributed by atoms with E-state index in [0.29, 0.717) is 5.82 Å². The van der Waals surface area contributed by atoms with E-state index >= 15 is 0 Å². The normalized spacial score (nSPS) is 9.27. The molecular formula is C7H9N3O. The highest BCUT2D eigenvalue weighted by atomic mass is 16.1. The van der Waals surface area contributed by atoms with Gasteiger partial charge in [0.2, 0.25) is 5.91 Å². The third kappa shape index (κ3) is 2.33. The van der Waals surface area contributed by atoms with Crippen molar-refractivity contribution in [1.82, 2.24) is 9.97 Å². The molecule has 0 aliphatic rings. The minimum absolute atomic E-state index is 0.136. The molecule has 0 radical (unpaired) electrons. The average molecular weight is 151 g/mol. The van der Waals surface area contributed by atoms with Crippen molar-refractivity contribution in [1.29, 1.82) is 0 Å². The molecule has 0 spiro atoms. The van der Waals surface area contributed by atoms with Crippen LogP contribution in [0.15, 0.2) is 12.4 Å². The predicted molar refractivity (Wildman–Crippen MR) is 41.1 cm³/mol. The first-order valence-electron chi connectivity index (χ1n) is 3.25. The average Bonchev–Trinajstić information content (AvgIpc) is 1.93. The first-order chi connectivity index (χ1) is 5.18. The zero-order valence-corrected chi connectivity index (χ0v) is 6.46. The van der Waals surface area contributed by atoms with Crippen LogP contribution in [0.25, 0.3) is 0 Å². The summed E-state index contributed by atoms with van der Waals surface area (Å²) in [6.45, 7) is 3.27. The number of amides is 1. The molecule has 0 fully saturated rings. The largest absolute Gasteiger partial charge is 0.310 e. The number of hydrogen-bond acceptors (Lipinski definition) is 3. The molecule has 0 bridgehead atoms. The molecule has 58 valence electrons. The Labute approximate surface area is 64.7 Å². The van der Waals surface area contributed by atoms with Gasteiger partial charge in [-0.3, -0.25) is 9.78 Å². The number of aryl methyl sites for hydroxylation is 1. The van der Waals surface area contributed by atoms with Crippen LogP contribution in [0.3, 0.4) is 0 Å². The van der Waals surface area contributed by atoms with Crippen LogP contribution in [0.1, 0.15) is 12.6 Å². The van der Waals surface area contributed by atoms with E-state index in [2.05, 4.69) is 15.3 Å². The monoisotopic (exact) mass is 151 g/mol. The number of nitrogens with one attached hydrogen (secondary N) is 1. The SMILES string of the molecule is CC(=O)Nc1cnc(C)cn1. The van der Waals surface area contributed by atoms with Crippen LogP contribution in [0, 0.1) is 6.92 Å². The summed E-state index contributed by atoms with van der Waals surface area (Å²) >= 11 is 0. The highest BCUT2D eigenvalue weighted by Crippen LogP contribution is 1.98. The third-order valence-corrected chi connectivity index (χ3v) is 1.09. The van der Waals surface area contributed by atoms with Gasteiger partial charge in [-0.15, -0.1) is 0 Å². The molecule has 1 aromatic rings. The van der Waals surface area contributed by atoms with Crippen LogP contribution in [-0.2, 0) is 4.79 Å². The highest BCUT2D eigenvalue weighted by Gasteiger charge is 1.94. The number of rotatable bonds is 1. The Morgan fingerprint density at radius 3 is 2.64 bits per heavy atom. The molecule has 1 rings (SSSR count). The molecule has 1 aromatic heterocycles. The quantitative estimate of drug-likeness (QED) is 0.644. The molecule has 4 nitrogen and oxygen atoms in total. The second-order valence-electron chi connectivity index (χ2n) is 2.22. The van der Waals surface area contributed by atoms with Gasteiger partial charge in [0.15, 0.2) is 5.82 Å². The molecule has 0 aliphatic heterocycles. The highest BCUT2D eigenvalue weighted by molar-refractivity contribution is 5.87. The Morgan fingerprint density at radius 2 is 2.18 bits per heavy atom. The lowest BCUT2D eigenvalue weighted by Gasteiger charge is -1.98. The van der Waals surface area contributed by atoms with Gasteiger partial charge in [0, 0.05) is 6.92 Å². The predicted octanol–water partition coefficient (Wildman–Crippen LogP) is 0.743. The van der Waals surface area contributed by atoms with Crippen LogP contribution in [0.5, 0.6) is 0 Å². The van der Waals surface area contributed by atoms with Crippen molar-refractivity contribution in [3.8, 4) is 0 Å². The smallest absolute Gasteiger partial charge is 0.222 e. The fourth-order valence-corrected chi connectivity index (χ4v) is 0.637. The Morgan fingerprint density at radius 1 is 1.45 bits per heavy atom. The Hall–Kier alpha value is -1.45. The van der Waals surface area contributed by atoms with Crippen LogP contribution in [-0.4, -0.2) is 15.9 Å². The van der Waals surface area contributed by atoms with Crippen LogP contribution >= 0.6 is 0 Å². The third-order valence-electron chi connectivity index (χ3n) is 1.09. The van der Waals surface area contributed by atoms with Crippen molar-refractivity contribution in [2.24, 2.45) is 0 Å². The number of carbonyl (C=O) groups is 1. The zero-order chi connectivity index (χ0) is 8.27. The second-order valence-corrected chi connectivity index (χ2v) is 2.22. The van der Waals surface area contributed by atoms with Gasteiger partial charge < -0.3 is 5.32 Å². The Balaban J connectivity index is 2.74. The van der Waals surface area contributed by atoms with Gasteiger partial charge in [-0.05, 0) is 6.92 Å². The molecule has 0 saturated carbocycles. The summed E-state index contributed by atoms with van der Waals surface area (Å²) in [4.78, 5) is 18.4. The van der Waals surface area contributed by atoms with Crippen molar-refractivity contribution >= 4 is 11.7 Å². The number of carbonyl (C=O) groups excluding carboxylic acids is 1. The zero-order valence-electron chi connectivity index (χ0n) is 6.46. The van der Waals surface area contributed by atoms with Crippen molar-refractivity contribution in [3.63, 3.8) is 0 Å². The number of aromatic nitrogens is 2. The maximum absolute atomic E-state index is 10.5. The number of hydrogen-bond donors (Lipinski definition) is 1. The van der Waals surface area contributed by atoms with E-state index in [9.17, 15) is 4.79 Å². The minimum Gasteiger partial charge on any atom is -0.310 e. The molecule has 0 unspecified atom stereocenters. The van der Waals surface area contributed by atoms with Crippen LogP contribution < -0.4 is 5.32 Å². The summed E-state index contributed by atoms with van der Waals surface area (Å²) in [6, 6.07) is 0. The van der Waals surface area contributed by atoms with Gasteiger partial charge in [-0.2, -0.15) is 0 Å². The fraction of sp³-hybridized carbons (Fsp3) is 0.286. The maximum atomic E-state index is 10.5. The van der Waals surface area contributed by atoms with Gasteiger partial charge in [0.25, 0.3) is 0 Å². The van der Waals surface area contributed by atoms with Crippen molar-refractivity contribution in [2.75, 3.05) is 5.32 Å². The standard InChI is InChI=1S/C7H9N3O/c1-5-3-9-7(4-8-5)10-6(2)11/h3-4H,1-2H3,(H,9,10,11). The maximum Gasteiger partial charge on any atom is 0.222 e. The van der Waals surface area contributed by atoms with E-state index in [-0.39, 0.29) is 5.91 Å². The van der Waals surface area contributed by atoms with E-state index in [4.69, 9.17) is 0 Å². The summed E-state index contributed by atoms with van der Waals surface area (Å²) < 4.78 is 0. The van der Waals surface area contributed by atoms with Crippen molar-refractivity contribution < 1.29 is 4.79 Å². The Bertz CT molecular complexity index is 255. The van der Waals surface area contributed by atoms with Gasteiger partial charge >= 0.3 is 0 Å². The summed E-state index contributed by atoms with van der Waals surface area (Å²) in [5, 5.41) is 2.52. The lowest BCUT2D eigenvalue weighted by molar-refractivity contribution is -0.114. The van der Waals surface area contributed by atoms with Crippen LogP contribution in [0.4, 0.5) is 5.82 Å². The molecule has 1 heterocycles. The summed E-state index contributed by atoms with van der Waals surface area (Å²) in [7, 11) is 0. The lowest BCUT2D eigenvalue weighted by atomic mass is 10.5. The van der Waals surface area contributed by atoms with E-state index < -0.39 is 0 Å². The molecule has 0 aliphatic carbocycles. The van der Waals surface area contributed by atoms with Gasteiger partial charge in [0.1, 0.15) is 0 Å². The second kappa shape index (κ2) is 3.09. The number of anilines is 1. The lowest BCUT2D eigenvalue weighted by Crippen LogP contribution is -2.07. The number of nitrogens with zero attached hydrogens (tertiary/aromatic N) is 2. The van der Waals surface area contributed by atoms with Gasteiger partial charge in [0.05, 0.1) is 18.1 Å².